The van der Waals surface area contributed by atoms with Gasteiger partial charge in [-0.2, -0.15) is 0 Å². The number of nitrogens with zero attached hydrogens (tertiary/aromatic N) is 3. The largest absolute Gasteiger partial charge is 0.512 e. The number of aromatic nitrogens is 3. The van der Waals surface area contributed by atoms with E-state index in [0.717, 1.165) is 49.7 Å². The van der Waals surface area contributed by atoms with E-state index in [1.807, 2.05) is 47.6 Å². The summed E-state index contributed by atoms with van der Waals surface area (Å²) in [6.45, 7) is 11.1. The monoisotopic (exact) mass is 835 g/mol. The molecule has 0 aliphatic carbocycles. The fourth-order valence-electron chi connectivity index (χ4n) is 6.26. The van der Waals surface area contributed by atoms with E-state index in [2.05, 4.69) is 130 Å². The van der Waals surface area contributed by atoms with Crippen molar-refractivity contribution in [2.75, 3.05) is 0 Å². The molecule has 0 spiro atoms. The van der Waals surface area contributed by atoms with Gasteiger partial charge in [-0.3, -0.25) is 9.78 Å². The molecule has 0 saturated carbocycles. The van der Waals surface area contributed by atoms with E-state index in [-0.39, 0.29) is 37.1 Å². The molecule has 5 nitrogen and oxygen atoms in total. The topological polar surface area (TPSA) is 60.0 Å². The Kier molecular flexibility index (Phi) is 9.30. The van der Waals surface area contributed by atoms with E-state index < -0.39 is 5.41 Å². The number of rotatable bonds is 3. The van der Waals surface area contributed by atoms with E-state index in [0.29, 0.717) is 0 Å². The number of ketones is 1. The van der Waals surface area contributed by atoms with Crippen molar-refractivity contribution in [1.29, 1.82) is 0 Å². The molecule has 253 valence electrons. The van der Waals surface area contributed by atoms with E-state index in [1.54, 1.807) is 0 Å². The van der Waals surface area contributed by atoms with Crippen molar-refractivity contribution in [2.24, 2.45) is 10.8 Å². The average Bonchev–Trinajstić information content (AvgIpc) is 3.37. The van der Waals surface area contributed by atoms with Gasteiger partial charge in [-0.25, -0.2) is 0 Å². The van der Waals surface area contributed by atoms with E-state index in [9.17, 15) is 9.90 Å². The van der Waals surface area contributed by atoms with E-state index in [4.69, 9.17) is 4.98 Å². The fraction of sp³-hybridized carbons (Fsp3) is 0.182. The van der Waals surface area contributed by atoms with Crippen molar-refractivity contribution in [3.05, 3.63) is 139 Å². The maximum Gasteiger partial charge on any atom is 0.164 e. The average molecular weight is 835 g/mol. The number of aliphatic hydroxyl groups is 1. The molecule has 0 unspecified atom stereocenters. The van der Waals surface area contributed by atoms with Crippen molar-refractivity contribution in [3.8, 4) is 11.4 Å². The molecule has 0 saturated heterocycles. The number of pyridine rings is 1. The Morgan fingerprint density at radius 1 is 0.660 bits per heavy atom. The third kappa shape index (κ3) is 6.26. The van der Waals surface area contributed by atoms with Gasteiger partial charge in [0.2, 0.25) is 0 Å². The molecule has 5 aromatic carbocycles. The predicted molar refractivity (Wildman–Crippen MR) is 204 cm³/mol. The van der Waals surface area contributed by atoms with Crippen molar-refractivity contribution in [1.82, 2.24) is 14.1 Å². The first-order chi connectivity index (χ1) is 23.4. The van der Waals surface area contributed by atoms with E-state index >= 15 is 0 Å². The van der Waals surface area contributed by atoms with Crippen LogP contribution < -0.4 is 0 Å². The number of carbonyl (C=O) groups excluding carboxylic acids is 1. The molecule has 0 atom stereocenters. The number of fused-ring (bicyclic) bond motifs is 3. The summed E-state index contributed by atoms with van der Waals surface area (Å²) in [5.41, 5.74) is 7.97. The summed E-state index contributed by atoms with van der Waals surface area (Å²) in [4.78, 5) is 16.7. The summed E-state index contributed by atoms with van der Waals surface area (Å²) in [5.74, 6) is 0.104. The molecule has 8 aromatic rings. The Morgan fingerprint density at radius 3 is 1.78 bits per heavy atom. The molecule has 50 heavy (non-hydrogen) atoms. The fourth-order valence-corrected chi connectivity index (χ4v) is 6.26. The molecule has 0 fully saturated rings. The van der Waals surface area contributed by atoms with Crippen molar-refractivity contribution in [3.63, 3.8) is 0 Å². The molecule has 1 radical (unpaired) electrons. The first kappa shape index (κ1) is 34.8. The first-order valence-corrected chi connectivity index (χ1v) is 16.7. The van der Waals surface area contributed by atoms with Crippen LogP contribution in [-0.2, 0) is 24.9 Å². The quantitative estimate of drug-likeness (QED) is 0.110. The van der Waals surface area contributed by atoms with Gasteiger partial charge in [0.15, 0.2) is 5.78 Å². The molecule has 8 rings (SSSR count). The maximum absolute atomic E-state index is 11.5. The minimum Gasteiger partial charge on any atom is -0.512 e. The van der Waals surface area contributed by atoms with Crippen LogP contribution in [-0.4, -0.2) is 25.0 Å². The SMILES string of the molecule is CC(C)(C)C(=O)/C=C(\O)C(C)(C)C.[Ir].[c-]1ccc2c3c1c1nc4ccccc4cc1n(-c1ccccc1)c1cccc(c31)n2-c1ccccc1. The molecular weight excluding hydrogens is 795 g/mol. The van der Waals surface area contributed by atoms with Crippen LogP contribution in [0.2, 0.25) is 0 Å². The smallest absolute Gasteiger partial charge is 0.164 e. The number of aliphatic hydroxyl groups excluding tert-OH is 1. The Morgan fingerprint density at radius 2 is 1.20 bits per heavy atom. The predicted octanol–water partition coefficient (Wildman–Crippen LogP) is 11.3. The van der Waals surface area contributed by atoms with Gasteiger partial charge in [-0.1, -0.05) is 108 Å². The van der Waals surface area contributed by atoms with Gasteiger partial charge >= 0.3 is 0 Å². The molecular formula is C44H40IrN3O2-. The molecule has 0 amide bonds. The number of hydrogen-bond acceptors (Lipinski definition) is 3. The van der Waals surface area contributed by atoms with Gasteiger partial charge in [0.25, 0.3) is 0 Å². The molecule has 0 aliphatic rings. The van der Waals surface area contributed by atoms with Gasteiger partial charge in [-0.05, 0) is 59.4 Å². The second-order valence-corrected chi connectivity index (χ2v) is 14.6. The summed E-state index contributed by atoms with van der Waals surface area (Å²) >= 11 is 0. The van der Waals surface area contributed by atoms with Crippen molar-refractivity contribution in [2.45, 2.75) is 41.5 Å². The van der Waals surface area contributed by atoms with Gasteiger partial charge < -0.3 is 14.2 Å². The van der Waals surface area contributed by atoms with Crippen LogP contribution in [0, 0.1) is 16.9 Å². The van der Waals surface area contributed by atoms with Gasteiger partial charge in [0.1, 0.15) is 5.76 Å². The minimum atomic E-state index is -0.417. The molecule has 0 aliphatic heterocycles. The zero-order valence-electron chi connectivity index (χ0n) is 29.2. The van der Waals surface area contributed by atoms with Gasteiger partial charge in [0.05, 0.1) is 5.52 Å². The first-order valence-electron chi connectivity index (χ1n) is 16.7. The van der Waals surface area contributed by atoms with Gasteiger partial charge in [-0.15, -0.1) is 23.6 Å². The van der Waals surface area contributed by atoms with Crippen LogP contribution in [0.5, 0.6) is 0 Å². The summed E-state index contributed by atoms with van der Waals surface area (Å²) in [7, 11) is 0. The molecule has 3 aromatic heterocycles. The number of benzene rings is 5. The number of para-hydroxylation sites is 3. The zero-order chi connectivity index (χ0) is 34.5. The summed E-state index contributed by atoms with van der Waals surface area (Å²) < 4.78 is 4.72. The maximum atomic E-state index is 11.5. The third-order valence-corrected chi connectivity index (χ3v) is 8.95. The number of allylic oxidation sites excluding steroid dienone is 2. The Labute approximate surface area is 306 Å². The van der Waals surface area contributed by atoms with Crippen LogP contribution in [0.25, 0.3) is 66.0 Å². The van der Waals surface area contributed by atoms with E-state index in [1.165, 1.54) is 22.4 Å². The van der Waals surface area contributed by atoms with Crippen LogP contribution >= 0.6 is 0 Å². The summed E-state index contributed by atoms with van der Waals surface area (Å²) in [6.07, 6.45) is 1.33. The molecule has 1 N–H and O–H groups in total. The summed E-state index contributed by atoms with van der Waals surface area (Å²) in [5, 5.41) is 14.1. The summed E-state index contributed by atoms with van der Waals surface area (Å²) in [6, 6.07) is 46.2. The zero-order valence-corrected chi connectivity index (χ0v) is 31.5. The second-order valence-electron chi connectivity index (χ2n) is 14.6. The molecule has 6 heteroatoms. The Hall–Kier alpha value is -5.03. The molecule has 3 heterocycles. The molecule has 0 bridgehead atoms. The number of carbonyl (C=O) groups is 1. The van der Waals surface area contributed by atoms with Crippen molar-refractivity contribution < 1.29 is 30.0 Å². The standard InChI is InChI=1S/C33H20N3.C11H20O2.Ir/c1-3-12-23(13-4-1)35-27-18-9-16-25-31(27)32-28(35)19-10-20-29(32)36(24-14-5-2-6-15-24)30-21-22-11-7-8-17-26(22)34-33(25)30;1-10(2,3)8(12)7-9(13)11(4,5)6;/h1-15,17-21H;7,12H,1-6H3;/q-1;;/b;8-7-;. The van der Waals surface area contributed by atoms with Gasteiger partial charge in [0, 0.05) is 75.8 Å². The Balaban J connectivity index is 0.000000267. The van der Waals surface area contributed by atoms with Crippen LogP contribution in [0.15, 0.2) is 133 Å². The minimum absolute atomic E-state index is 0. The number of hydrogen-bond donors (Lipinski definition) is 1. The Bertz CT molecular complexity index is 2530. The van der Waals surface area contributed by atoms with Crippen LogP contribution in [0.3, 0.4) is 0 Å². The normalized spacial score (nSPS) is 12.3. The van der Waals surface area contributed by atoms with Crippen molar-refractivity contribution >= 4 is 60.4 Å². The third-order valence-electron chi connectivity index (χ3n) is 8.95. The van der Waals surface area contributed by atoms with Crippen LogP contribution in [0.1, 0.15) is 41.5 Å². The second kappa shape index (κ2) is 13.4. The van der Waals surface area contributed by atoms with Crippen LogP contribution in [0.4, 0.5) is 0 Å².